The molecule has 0 spiro atoms. The molecule has 1 N–H and O–H groups in total. The van der Waals surface area contributed by atoms with Crippen LogP contribution in [0.5, 0.6) is 0 Å². The zero-order chi connectivity index (χ0) is 17.4. The van der Waals surface area contributed by atoms with E-state index in [4.69, 9.17) is 0 Å². The Hall–Kier alpha value is -1.41. The van der Waals surface area contributed by atoms with Crippen LogP contribution >= 0.6 is 0 Å². The molecule has 1 heterocycles. The molecule has 130 valence electrons. The van der Waals surface area contributed by atoms with Crippen LogP contribution in [0, 0.1) is 11.8 Å². The van der Waals surface area contributed by atoms with Gasteiger partial charge in [0.2, 0.25) is 15.9 Å². The lowest BCUT2D eigenvalue weighted by Crippen LogP contribution is -2.53. The molecule has 1 saturated heterocycles. The highest BCUT2D eigenvalue weighted by atomic mass is 32.2. The van der Waals surface area contributed by atoms with Gasteiger partial charge < -0.3 is 10.0 Å². The van der Waals surface area contributed by atoms with Crippen LogP contribution in [0.1, 0.15) is 26.7 Å². The van der Waals surface area contributed by atoms with Crippen molar-refractivity contribution in [2.75, 3.05) is 32.4 Å². The van der Waals surface area contributed by atoms with E-state index in [0.717, 1.165) is 17.4 Å². The Morgan fingerprint density at radius 3 is 1.91 bits per heavy atom. The van der Waals surface area contributed by atoms with Crippen molar-refractivity contribution in [2.45, 2.75) is 26.7 Å². The van der Waals surface area contributed by atoms with Gasteiger partial charge in [-0.25, -0.2) is 8.42 Å². The van der Waals surface area contributed by atoms with Crippen molar-refractivity contribution in [3.63, 3.8) is 0 Å². The van der Waals surface area contributed by atoms with Crippen LogP contribution in [-0.2, 0) is 19.6 Å². The molecule has 0 aromatic heterocycles. The summed E-state index contributed by atoms with van der Waals surface area (Å²) in [4.78, 5) is 25.9. The lowest BCUT2D eigenvalue weighted by molar-refractivity contribution is -0.151. The third kappa shape index (κ3) is 3.92. The van der Waals surface area contributed by atoms with E-state index in [9.17, 15) is 23.1 Å². The highest BCUT2D eigenvalue weighted by Gasteiger charge is 2.40. The lowest BCUT2D eigenvalue weighted by atomic mass is 9.76. The minimum Gasteiger partial charge on any atom is -0.481 e. The number of aliphatic carboxylic acids is 1. The minimum absolute atomic E-state index is 0.169. The first-order valence-electron chi connectivity index (χ1n) is 7.73. The Morgan fingerprint density at radius 1 is 1.00 bits per heavy atom. The molecule has 0 aromatic carbocycles. The minimum atomic E-state index is -3.25. The standard InChI is InChI=1S/C15H24N2O5S/c1-10-8-12(13(15(19)20)9-11(10)2)14(18)16-4-6-17(7-5-16)23(3,21)22/h12-13H,4-9H2,1-3H3,(H,19,20)/t12-,13-/m1/s1. The number of carboxylic acid groups (broad SMARTS) is 1. The van der Waals surface area contributed by atoms with Gasteiger partial charge in [0.05, 0.1) is 18.1 Å². The number of rotatable bonds is 3. The smallest absolute Gasteiger partial charge is 0.307 e. The molecule has 0 aromatic rings. The normalized spacial score (nSPS) is 27.2. The van der Waals surface area contributed by atoms with Gasteiger partial charge in [-0.3, -0.25) is 9.59 Å². The Bertz CT molecular complexity index is 632. The number of amides is 1. The summed E-state index contributed by atoms with van der Waals surface area (Å²) in [5.41, 5.74) is 2.12. The zero-order valence-corrected chi connectivity index (χ0v) is 14.6. The lowest BCUT2D eigenvalue weighted by Gasteiger charge is -2.38. The van der Waals surface area contributed by atoms with Crippen LogP contribution in [0.4, 0.5) is 0 Å². The second-order valence-electron chi connectivity index (χ2n) is 6.51. The second kappa shape index (κ2) is 6.60. The number of hydrogen-bond donors (Lipinski definition) is 1. The van der Waals surface area contributed by atoms with E-state index >= 15 is 0 Å². The van der Waals surface area contributed by atoms with Crippen LogP contribution in [-0.4, -0.2) is 67.0 Å². The fourth-order valence-electron chi connectivity index (χ4n) is 3.29. The molecule has 0 bridgehead atoms. The molecule has 7 nitrogen and oxygen atoms in total. The molecule has 2 rings (SSSR count). The van der Waals surface area contributed by atoms with Crippen LogP contribution in [0.25, 0.3) is 0 Å². The number of nitrogens with zero attached hydrogens (tertiary/aromatic N) is 2. The summed E-state index contributed by atoms with van der Waals surface area (Å²) < 4.78 is 24.4. The number of hydrogen-bond acceptors (Lipinski definition) is 4. The molecule has 1 aliphatic carbocycles. The predicted octanol–water partition coefficient (Wildman–Crippen LogP) is 0.537. The number of carbonyl (C=O) groups is 2. The first-order valence-corrected chi connectivity index (χ1v) is 9.58. The van der Waals surface area contributed by atoms with E-state index in [1.165, 1.54) is 4.31 Å². The molecule has 0 radical (unpaired) electrons. The zero-order valence-electron chi connectivity index (χ0n) is 13.8. The molecular weight excluding hydrogens is 320 g/mol. The van der Waals surface area contributed by atoms with Gasteiger partial charge in [-0.1, -0.05) is 11.1 Å². The maximum absolute atomic E-state index is 12.7. The molecule has 1 fully saturated rings. The van der Waals surface area contributed by atoms with E-state index in [2.05, 4.69) is 0 Å². The number of piperazine rings is 1. The molecule has 1 aliphatic heterocycles. The van der Waals surface area contributed by atoms with Crippen LogP contribution in [0.15, 0.2) is 11.1 Å². The summed E-state index contributed by atoms with van der Waals surface area (Å²) in [7, 11) is -3.25. The highest BCUT2D eigenvalue weighted by molar-refractivity contribution is 7.88. The van der Waals surface area contributed by atoms with Crippen molar-refractivity contribution in [1.82, 2.24) is 9.21 Å². The maximum Gasteiger partial charge on any atom is 0.307 e. The summed E-state index contributed by atoms with van der Waals surface area (Å²) in [6.45, 7) is 5.02. The molecular formula is C15H24N2O5S. The van der Waals surface area contributed by atoms with E-state index in [0.29, 0.717) is 25.9 Å². The summed E-state index contributed by atoms with van der Waals surface area (Å²) in [5.74, 6) is -2.36. The van der Waals surface area contributed by atoms with Gasteiger partial charge in [-0.15, -0.1) is 0 Å². The fraction of sp³-hybridized carbons (Fsp3) is 0.733. The molecule has 2 atom stereocenters. The van der Waals surface area contributed by atoms with Gasteiger partial charge in [0.1, 0.15) is 0 Å². The average molecular weight is 344 g/mol. The van der Waals surface area contributed by atoms with E-state index in [-0.39, 0.29) is 19.0 Å². The summed E-state index contributed by atoms with van der Waals surface area (Å²) >= 11 is 0. The SMILES string of the molecule is CC1=C(C)C[C@@H](C(=O)N2CCN(S(C)(=O)=O)CC2)[C@H](C(=O)O)C1. The van der Waals surface area contributed by atoms with Crippen LogP contribution < -0.4 is 0 Å². The topological polar surface area (TPSA) is 95.0 Å². The van der Waals surface area contributed by atoms with Gasteiger partial charge >= 0.3 is 5.97 Å². The van der Waals surface area contributed by atoms with Gasteiger partial charge in [0.25, 0.3) is 0 Å². The van der Waals surface area contributed by atoms with E-state index in [1.807, 2.05) is 13.8 Å². The maximum atomic E-state index is 12.7. The summed E-state index contributed by atoms with van der Waals surface area (Å²) in [5, 5.41) is 9.43. The summed E-state index contributed by atoms with van der Waals surface area (Å²) in [6, 6.07) is 0. The Kier molecular flexibility index (Phi) is 5.15. The molecule has 23 heavy (non-hydrogen) atoms. The van der Waals surface area contributed by atoms with Crippen LogP contribution in [0.2, 0.25) is 0 Å². The first-order chi connectivity index (χ1) is 10.6. The first kappa shape index (κ1) is 17.9. The largest absolute Gasteiger partial charge is 0.481 e. The van der Waals surface area contributed by atoms with Crippen molar-refractivity contribution in [3.8, 4) is 0 Å². The van der Waals surface area contributed by atoms with E-state index < -0.39 is 27.8 Å². The third-order valence-electron chi connectivity index (χ3n) is 4.92. The Morgan fingerprint density at radius 2 is 1.48 bits per heavy atom. The Labute approximate surface area is 137 Å². The van der Waals surface area contributed by atoms with Crippen molar-refractivity contribution in [2.24, 2.45) is 11.8 Å². The third-order valence-corrected chi connectivity index (χ3v) is 6.22. The molecule has 0 saturated carbocycles. The van der Waals surface area contributed by atoms with E-state index in [1.54, 1.807) is 4.90 Å². The highest BCUT2D eigenvalue weighted by Crippen LogP contribution is 2.35. The molecule has 8 heteroatoms. The number of carboxylic acids is 1. The van der Waals surface area contributed by atoms with Crippen molar-refractivity contribution >= 4 is 21.9 Å². The Balaban J connectivity index is 2.09. The van der Waals surface area contributed by atoms with Gasteiger partial charge in [-0.05, 0) is 26.7 Å². The second-order valence-corrected chi connectivity index (χ2v) is 8.49. The molecule has 2 aliphatic rings. The van der Waals surface area contributed by atoms with Gasteiger partial charge in [-0.2, -0.15) is 4.31 Å². The monoisotopic (exact) mass is 344 g/mol. The number of allylic oxidation sites excluding steroid dienone is 2. The van der Waals surface area contributed by atoms with Crippen molar-refractivity contribution in [3.05, 3.63) is 11.1 Å². The van der Waals surface area contributed by atoms with Gasteiger partial charge in [0.15, 0.2) is 0 Å². The quantitative estimate of drug-likeness (QED) is 0.754. The summed E-state index contributed by atoms with van der Waals surface area (Å²) in [6.07, 6.45) is 2.03. The fourth-order valence-corrected chi connectivity index (χ4v) is 4.11. The van der Waals surface area contributed by atoms with Crippen molar-refractivity contribution in [1.29, 1.82) is 0 Å². The number of carbonyl (C=O) groups excluding carboxylic acids is 1. The molecule has 1 amide bonds. The van der Waals surface area contributed by atoms with Crippen LogP contribution in [0.3, 0.4) is 0 Å². The van der Waals surface area contributed by atoms with Crippen molar-refractivity contribution < 1.29 is 23.1 Å². The number of sulfonamides is 1. The predicted molar refractivity (Wildman–Crippen MR) is 85.2 cm³/mol. The van der Waals surface area contributed by atoms with Gasteiger partial charge in [0, 0.05) is 26.2 Å². The average Bonchev–Trinajstić information content (AvgIpc) is 2.48. The molecule has 0 unspecified atom stereocenters.